The summed E-state index contributed by atoms with van der Waals surface area (Å²) in [5, 5.41) is 15.0. The molecule has 1 atom stereocenters. The Balaban J connectivity index is 1.87. The summed E-state index contributed by atoms with van der Waals surface area (Å²) < 4.78 is 38.1. The van der Waals surface area contributed by atoms with E-state index in [1.165, 1.54) is 6.07 Å². The van der Waals surface area contributed by atoms with Crippen LogP contribution in [-0.4, -0.2) is 53.2 Å². The molecule has 6 nitrogen and oxygen atoms in total. The van der Waals surface area contributed by atoms with Crippen molar-refractivity contribution >= 4 is 11.8 Å². The Morgan fingerprint density at radius 1 is 1.30 bits per heavy atom. The van der Waals surface area contributed by atoms with E-state index in [1.54, 1.807) is 13.8 Å². The minimum absolute atomic E-state index is 0.165. The van der Waals surface area contributed by atoms with Crippen LogP contribution in [0, 0.1) is 0 Å². The standard InChI is InChI=1S/C18H24F3N3O3/c1-17(2,27)11-24-8-4-7-14(24)23-15(25)10-22-16(26)12-5-3-6-13(9-12)18(19,20)21/h3,5-6,9,14,27H,4,7-8,10-11H2,1-2H3,(H,22,26)(H,23,25). The molecule has 0 radical (unpaired) electrons. The van der Waals surface area contributed by atoms with Crippen LogP contribution in [0.1, 0.15) is 42.6 Å². The van der Waals surface area contributed by atoms with Crippen molar-refractivity contribution in [2.75, 3.05) is 19.6 Å². The molecular weight excluding hydrogens is 363 g/mol. The van der Waals surface area contributed by atoms with Gasteiger partial charge in [0.2, 0.25) is 5.91 Å². The van der Waals surface area contributed by atoms with E-state index in [0.29, 0.717) is 6.54 Å². The molecule has 0 saturated carbocycles. The second-order valence-electron chi connectivity index (χ2n) is 7.27. The number of nitrogens with zero attached hydrogens (tertiary/aromatic N) is 1. The van der Waals surface area contributed by atoms with Crippen molar-refractivity contribution in [2.45, 2.75) is 44.6 Å². The molecule has 1 aromatic rings. The van der Waals surface area contributed by atoms with Gasteiger partial charge in [-0.1, -0.05) is 6.07 Å². The van der Waals surface area contributed by atoms with Crippen LogP contribution in [0.5, 0.6) is 0 Å². The lowest BCUT2D eigenvalue weighted by atomic mass is 10.1. The highest BCUT2D eigenvalue weighted by Crippen LogP contribution is 2.29. The molecule has 150 valence electrons. The quantitative estimate of drug-likeness (QED) is 0.695. The van der Waals surface area contributed by atoms with Crippen LogP contribution >= 0.6 is 0 Å². The summed E-state index contributed by atoms with van der Waals surface area (Å²) in [6.45, 7) is 4.15. The third kappa shape index (κ3) is 6.51. The van der Waals surface area contributed by atoms with Gasteiger partial charge < -0.3 is 15.7 Å². The zero-order chi connectivity index (χ0) is 20.2. The Labute approximate surface area is 155 Å². The minimum Gasteiger partial charge on any atom is -0.389 e. The summed E-state index contributed by atoms with van der Waals surface area (Å²) >= 11 is 0. The molecule has 9 heteroatoms. The molecule has 1 unspecified atom stereocenters. The van der Waals surface area contributed by atoms with E-state index in [-0.39, 0.29) is 18.3 Å². The van der Waals surface area contributed by atoms with Crippen molar-refractivity contribution in [3.63, 3.8) is 0 Å². The Bertz CT molecular complexity index is 686. The molecule has 0 aliphatic carbocycles. The molecule has 0 aromatic heterocycles. The van der Waals surface area contributed by atoms with Crippen molar-refractivity contribution in [3.05, 3.63) is 35.4 Å². The topological polar surface area (TPSA) is 81.7 Å². The molecule has 0 spiro atoms. The predicted molar refractivity (Wildman–Crippen MR) is 92.8 cm³/mol. The second kappa shape index (κ2) is 8.26. The number of rotatable bonds is 6. The lowest BCUT2D eigenvalue weighted by Crippen LogP contribution is -2.51. The molecule has 1 aromatic carbocycles. The number of benzene rings is 1. The highest BCUT2D eigenvalue weighted by molar-refractivity contribution is 5.96. The van der Waals surface area contributed by atoms with Crippen molar-refractivity contribution in [2.24, 2.45) is 0 Å². The number of carbonyl (C=O) groups excluding carboxylic acids is 2. The van der Waals surface area contributed by atoms with E-state index < -0.39 is 29.2 Å². The van der Waals surface area contributed by atoms with Gasteiger partial charge in [-0.15, -0.1) is 0 Å². The molecular formula is C18H24F3N3O3. The average molecular weight is 387 g/mol. The van der Waals surface area contributed by atoms with Gasteiger partial charge >= 0.3 is 6.18 Å². The van der Waals surface area contributed by atoms with E-state index in [1.807, 2.05) is 4.90 Å². The van der Waals surface area contributed by atoms with Crippen molar-refractivity contribution in [3.8, 4) is 0 Å². The first-order chi connectivity index (χ1) is 12.5. The third-order valence-electron chi connectivity index (χ3n) is 4.14. The third-order valence-corrected chi connectivity index (χ3v) is 4.14. The van der Waals surface area contributed by atoms with Crippen LogP contribution in [0.15, 0.2) is 24.3 Å². The monoisotopic (exact) mass is 387 g/mol. The highest BCUT2D eigenvalue weighted by Gasteiger charge is 2.31. The van der Waals surface area contributed by atoms with Crippen LogP contribution in [-0.2, 0) is 11.0 Å². The number of amides is 2. The molecule has 2 rings (SSSR count). The Morgan fingerprint density at radius 2 is 2.00 bits per heavy atom. The largest absolute Gasteiger partial charge is 0.416 e. The zero-order valence-corrected chi connectivity index (χ0v) is 15.3. The highest BCUT2D eigenvalue weighted by atomic mass is 19.4. The number of β-amino-alcohol motifs (C(OH)–C–C–N with tert-alkyl or cyclic N) is 1. The number of likely N-dealkylation sites (tertiary alicyclic amines) is 1. The molecule has 2 amide bonds. The summed E-state index contributed by atoms with van der Waals surface area (Å²) in [6, 6.07) is 4.02. The molecule has 1 saturated heterocycles. The normalized spacial score (nSPS) is 18.4. The maximum atomic E-state index is 12.7. The first-order valence-electron chi connectivity index (χ1n) is 8.67. The van der Waals surface area contributed by atoms with Gasteiger partial charge in [0.15, 0.2) is 0 Å². The second-order valence-corrected chi connectivity index (χ2v) is 7.27. The first kappa shape index (κ1) is 21.2. The average Bonchev–Trinajstić information content (AvgIpc) is 2.96. The van der Waals surface area contributed by atoms with Crippen LogP contribution in [0.3, 0.4) is 0 Å². The van der Waals surface area contributed by atoms with E-state index in [4.69, 9.17) is 0 Å². The van der Waals surface area contributed by atoms with E-state index in [2.05, 4.69) is 10.6 Å². The van der Waals surface area contributed by atoms with Gasteiger partial charge in [0.05, 0.1) is 23.9 Å². The van der Waals surface area contributed by atoms with Gasteiger partial charge in [0.1, 0.15) is 0 Å². The Hall–Kier alpha value is -2.13. The fourth-order valence-electron chi connectivity index (χ4n) is 3.01. The number of hydrogen-bond acceptors (Lipinski definition) is 4. The molecule has 1 fully saturated rings. The first-order valence-corrected chi connectivity index (χ1v) is 8.67. The van der Waals surface area contributed by atoms with Crippen LogP contribution in [0.25, 0.3) is 0 Å². The van der Waals surface area contributed by atoms with Crippen LogP contribution in [0.2, 0.25) is 0 Å². The van der Waals surface area contributed by atoms with Crippen molar-refractivity contribution in [1.82, 2.24) is 15.5 Å². The fraction of sp³-hybridized carbons (Fsp3) is 0.556. The molecule has 1 aliphatic rings. The molecule has 0 bridgehead atoms. The molecule has 1 heterocycles. The zero-order valence-electron chi connectivity index (χ0n) is 15.3. The van der Waals surface area contributed by atoms with Crippen LogP contribution in [0.4, 0.5) is 13.2 Å². The van der Waals surface area contributed by atoms with Gasteiger partial charge in [0.25, 0.3) is 5.91 Å². The van der Waals surface area contributed by atoms with Gasteiger partial charge in [0, 0.05) is 18.7 Å². The van der Waals surface area contributed by atoms with Gasteiger partial charge in [-0.3, -0.25) is 14.5 Å². The van der Waals surface area contributed by atoms with E-state index in [0.717, 1.165) is 37.6 Å². The lowest BCUT2D eigenvalue weighted by Gasteiger charge is -2.30. The molecule has 3 N–H and O–H groups in total. The lowest BCUT2D eigenvalue weighted by molar-refractivity contribution is -0.137. The minimum atomic E-state index is -4.54. The summed E-state index contributed by atoms with van der Waals surface area (Å²) in [5.74, 6) is -1.20. The Kier molecular flexibility index (Phi) is 6.48. The number of halogens is 3. The maximum Gasteiger partial charge on any atom is 0.416 e. The van der Waals surface area contributed by atoms with Gasteiger partial charge in [-0.25, -0.2) is 0 Å². The summed E-state index contributed by atoms with van der Waals surface area (Å²) in [6.07, 6.45) is -3.18. The summed E-state index contributed by atoms with van der Waals surface area (Å²) in [4.78, 5) is 26.0. The van der Waals surface area contributed by atoms with E-state index >= 15 is 0 Å². The van der Waals surface area contributed by atoms with Crippen LogP contribution < -0.4 is 10.6 Å². The number of alkyl halides is 3. The summed E-state index contributed by atoms with van der Waals surface area (Å²) in [5.41, 5.74) is -1.99. The van der Waals surface area contributed by atoms with Gasteiger partial charge in [-0.2, -0.15) is 13.2 Å². The maximum absolute atomic E-state index is 12.7. The number of aliphatic hydroxyl groups is 1. The SMILES string of the molecule is CC(C)(O)CN1CCCC1NC(=O)CNC(=O)c1cccc(C(F)(F)F)c1. The predicted octanol–water partition coefficient (Wildman–Crippen LogP) is 1.74. The number of hydrogen-bond donors (Lipinski definition) is 3. The smallest absolute Gasteiger partial charge is 0.389 e. The Morgan fingerprint density at radius 3 is 2.63 bits per heavy atom. The fourth-order valence-corrected chi connectivity index (χ4v) is 3.01. The van der Waals surface area contributed by atoms with Crippen molar-refractivity contribution in [1.29, 1.82) is 0 Å². The summed E-state index contributed by atoms with van der Waals surface area (Å²) in [7, 11) is 0. The number of carbonyl (C=O) groups is 2. The molecule has 1 aliphatic heterocycles. The molecule has 27 heavy (non-hydrogen) atoms. The number of nitrogens with one attached hydrogen (secondary N) is 2. The van der Waals surface area contributed by atoms with E-state index in [9.17, 15) is 27.9 Å². The van der Waals surface area contributed by atoms with Gasteiger partial charge in [-0.05, 0) is 44.9 Å². The van der Waals surface area contributed by atoms with Crippen molar-refractivity contribution < 1.29 is 27.9 Å².